The van der Waals surface area contributed by atoms with Crippen LogP contribution in [0.1, 0.15) is 18.4 Å². The number of likely N-dealkylation sites (tertiary alicyclic amines) is 1. The zero-order chi connectivity index (χ0) is 16.4. The lowest BCUT2D eigenvalue weighted by atomic mass is 9.97. The van der Waals surface area contributed by atoms with Gasteiger partial charge in [0.1, 0.15) is 6.61 Å². The minimum absolute atomic E-state index is 0.149. The van der Waals surface area contributed by atoms with Gasteiger partial charge in [0, 0.05) is 18.7 Å². The van der Waals surface area contributed by atoms with Gasteiger partial charge in [-0.05, 0) is 25.0 Å². The van der Waals surface area contributed by atoms with E-state index < -0.39 is 11.9 Å². The highest BCUT2D eigenvalue weighted by atomic mass is 16.5. The van der Waals surface area contributed by atoms with Gasteiger partial charge >= 0.3 is 5.97 Å². The molecule has 23 heavy (non-hydrogen) atoms. The van der Waals surface area contributed by atoms with E-state index in [1.54, 1.807) is 18.1 Å². The normalized spacial score (nSPS) is 20.1. The molecule has 1 unspecified atom stereocenters. The highest BCUT2D eigenvalue weighted by Crippen LogP contribution is 2.36. The molecule has 2 aliphatic rings. The van der Waals surface area contributed by atoms with Gasteiger partial charge in [-0.1, -0.05) is 12.1 Å². The van der Waals surface area contributed by atoms with E-state index >= 15 is 0 Å². The minimum atomic E-state index is -0.841. The molecule has 2 heterocycles. The number of rotatable bonds is 3. The molecule has 1 aromatic rings. The summed E-state index contributed by atoms with van der Waals surface area (Å²) in [5.41, 5.74) is 1.34. The first-order valence-electron chi connectivity index (χ1n) is 7.62. The molecule has 1 N–H and O–H groups in total. The van der Waals surface area contributed by atoms with E-state index in [-0.39, 0.29) is 19.1 Å². The monoisotopic (exact) mass is 317 g/mol. The maximum absolute atomic E-state index is 12.6. The molecular formula is C17H19NO5. The molecule has 122 valence electrons. The Morgan fingerprint density at radius 2 is 2.22 bits per heavy atom. The lowest BCUT2D eigenvalue weighted by Gasteiger charge is -2.32. The third-order valence-corrected chi connectivity index (χ3v) is 4.26. The van der Waals surface area contributed by atoms with Crippen molar-refractivity contribution in [3.63, 3.8) is 0 Å². The Bertz CT molecular complexity index is 667. The van der Waals surface area contributed by atoms with E-state index in [1.807, 2.05) is 18.2 Å². The topological polar surface area (TPSA) is 76.1 Å². The fraction of sp³-hybridized carbons (Fsp3) is 0.412. The van der Waals surface area contributed by atoms with Crippen LogP contribution >= 0.6 is 0 Å². The molecule has 6 nitrogen and oxygen atoms in total. The highest BCUT2D eigenvalue weighted by Gasteiger charge is 2.30. The molecule has 0 radical (unpaired) electrons. The van der Waals surface area contributed by atoms with E-state index in [1.165, 1.54) is 0 Å². The summed E-state index contributed by atoms with van der Waals surface area (Å²) < 4.78 is 10.9. The first-order valence-corrected chi connectivity index (χ1v) is 7.62. The summed E-state index contributed by atoms with van der Waals surface area (Å²) in [6.45, 7) is 1.02. The van der Waals surface area contributed by atoms with Crippen molar-refractivity contribution in [2.24, 2.45) is 5.92 Å². The number of para-hydroxylation sites is 1. The molecule has 1 saturated heterocycles. The number of aliphatic carboxylic acids is 1. The van der Waals surface area contributed by atoms with Gasteiger partial charge in [0.2, 0.25) is 0 Å². The average Bonchev–Trinajstić information content (AvgIpc) is 2.60. The molecule has 0 aromatic heterocycles. The van der Waals surface area contributed by atoms with Gasteiger partial charge < -0.3 is 19.5 Å². The second kappa shape index (κ2) is 6.32. The molecule has 3 rings (SSSR count). The van der Waals surface area contributed by atoms with E-state index in [0.29, 0.717) is 36.5 Å². The standard InChI is InChI=1S/C17H19NO5/c1-22-14-6-2-4-11-8-13(10-23-15(11)14)16(19)18-7-3-5-12(9-18)17(20)21/h2,4,6,8,12H,3,5,7,9-10H2,1H3,(H,20,21). The number of fused-ring (bicyclic) bond motifs is 1. The van der Waals surface area contributed by atoms with Crippen molar-refractivity contribution < 1.29 is 24.2 Å². The van der Waals surface area contributed by atoms with Crippen LogP contribution in [0.5, 0.6) is 11.5 Å². The van der Waals surface area contributed by atoms with Crippen LogP contribution in [0.2, 0.25) is 0 Å². The molecule has 2 aliphatic heterocycles. The van der Waals surface area contributed by atoms with Crippen molar-refractivity contribution in [3.8, 4) is 11.5 Å². The van der Waals surface area contributed by atoms with E-state index in [4.69, 9.17) is 14.6 Å². The summed E-state index contributed by atoms with van der Waals surface area (Å²) in [5.74, 6) is -0.205. The van der Waals surface area contributed by atoms with Gasteiger partial charge in [-0.3, -0.25) is 9.59 Å². The molecule has 0 aliphatic carbocycles. The van der Waals surface area contributed by atoms with Gasteiger partial charge in [-0.2, -0.15) is 0 Å². The van der Waals surface area contributed by atoms with Crippen LogP contribution in [0.4, 0.5) is 0 Å². The number of ether oxygens (including phenoxy) is 2. The molecule has 1 fully saturated rings. The molecule has 0 spiro atoms. The third-order valence-electron chi connectivity index (χ3n) is 4.26. The highest BCUT2D eigenvalue weighted by molar-refractivity contribution is 5.99. The summed E-state index contributed by atoms with van der Waals surface area (Å²) in [7, 11) is 1.57. The Morgan fingerprint density at radius 3 is 2.96 bits per heavy atom. The second-order valence-electron chi connectivity index (χ2n) is 5.77. The smallest absolute Gasteiger partial charge is 0.308 e. The summed E-state index contributed by atoms with van der Waals surface area (Å²) in [6.07, 6.45) is 3.13. The molecule has 6 heteroatoms. The van der Waals surface area contributed by atoms with Gasteiger partial charge in [-0.15, -0.1) is 0 Å². The Balaban J connectivity index is 1.80. The number of methoxy groups -OCH3 is 1. The van der Waals surface area contributed by atoms with Gasteiger partial charge in [0.05, 0.1) is 18.6 Å². The zero-order valence-electron chi connectivity index (χ0n) is 12.9. The van der Waals surface area contributed by atoms with Crippen LogP contribution in [-0.4, -0.2) is 48.7 Å². The maximum Gasteiger partial charge on any atom is 0.308 e. The summed E-state index contributed by atoms with van der Waals surface area (Å²) >= 11 is 0. The second-order valence-corrected chi connectivity index (χ2v) is 5.77. The fourth-order valence-corrected chi connectivity index (χ4v) is 3.03. The van der Waals surface area contributed by atoms with Crippen molar-refractivity contribution in [3.05, 3.63) is 29.3 Å². The predicted octanol–water partition coefficient (Wildman–Crippen LogP) is 1.79. The number of amides is 1. The van der Waals surface area contributed by atoms with Crippen molar-refractivity contribution >= 4 is 18.0 Å². The Labute approximate surface area is 134 Å². The van der Waals surface area contributed by atoms with Crippen LogP contribution in [0.15, 0.2) is 23.8 Å². The fourth-order valence-electron chi connectivity index (χ4n) is 3.03. The number of nitrogens with zero attached hydrogens (tertiary/aromatic N) is 1. The average molecular weight is 317 g/mol. The van der Waals surface area contributed by atoms with E-state index in [2.05, 4.69) is 0 Å². The van der Waals surface area contributed by atoms with Crippen LogP contribution < -0.4 is 9.47 Å². The first kappa shape index (κ1) is 15.4. The number of carbonyl (C=O) groups excluding carboxylic acids is 1. The maximum atomic E-state index is 12.6. The van der Waals surface area contributed by atoms with Gasteiger partial charge in [0.15, 0.2) is 11.5 Å². The molecule has 1 atom stereocenters. The molecule has 0 bridgehead atoms. The zero-order valence-corrected chi connectivity index (χ0v) is 12.9. The number of carbonyl (C=O) groups is 2. The Hall–Kier alpha value is -2.50. The molecular weight excluding hydrogens is 298 g/mol. The number of carboxylic acids is 1. The third kappa shape index (κ3) is 3.02. The number of benzene rings is 1. The van der Waals surface area contributed by atoms with E-state index in [0.717, 1.165) is 5.56 Å². The largest absolute Gasteiger partial charge is 0.493 e. The number of hydrogen-bond donors (Lipinski definition) is 1. The lowest BCUT2D eigenvalue weighted by Crippen LogP contribution is -2.43. The van der Waals surface area contributed by atoms with Crippen molar-refractivity contribution in [2.45, 2.75) is 12.8 Å². The summed E-state index contributed by atoms with van der Waals surface area (Å²) in [4.78, 5) is 25.4. The number of piperidine rings is 1. The molecule has 1 aromatic carbocycles. The predicted molar refractivity (Wildman–Crippen MR) is 83.4 cm³/mol. The quantitative estimate of drug-likeness (QED) is 0.920. The number of carboxylic acid groups (broad SMARTS) is 1. The minimum Gasteiger partial charge on any atom is -0.493 e. The SMILES string of the molecule is COc1cccc2c1OCC(C(=O)N1CCCC(C(=O)O)C1)=C2. The first-order chi connectivity index (χ1) is 11.1. The summed E-state index contributed by atoms with van der Waals surface area (Å²) in [6, 6.07) is 5.51. The Kier molecular flexibility index (Phi) is 4.23. The van der Waals surface area contributed by atoms with Gasteiger partial charge in [-0.25, -0.2) is 0 Å². The summed E-state index contributed by atoms with van der Waals surface area (Å²) in [5, 5.41) is 9.14. The lowest BCUT2D eigenvalue weighted by molar-refractivity contribution is -0.145. The van der Waals surface area contributed by atoms with Crippen molar-refractivity contribution in [1.82, 2.24) is 4.90 Å². The van der Waals surface area contributed by atoms with Gasteiger partial charge in [0.25, 0.3) is 5.91 Å². The van der Waals surface area contributed by atoms with Crippen LogP contribution in [0.3, 0.4) is 0 Å². The number of hydrogen-bond acceptors (Lipinski definition) is 4. The van der Waals surface area contributed by atoms with E-state index in [9.17, 15) is 9.59 Å². The van der Waals surface area contributed by atoms with Crippen LogP contribution in [-0.2, 0) is 9.59 Å². The Morgan fingerprint density at radius 1 is 1.39 bits per heavy atom. The van der Waals surface area contributed by atoms with Crippen molar-refractivity contribution in [2.75, 3.05) is 26.8 Å². The molecule has 1 amide bonds. The van der Waals surface area contributed by atoms with Crippen LogP contribution in [0, 0.1) is 5.92 Å². The van der Waals surface area contributed by atoms with Crippen molar-refractivity contribution in [1.29, 1.82) is 0 Å². The van der Waals surface area contributed by atoms with Crippen LogP contribution in [0.25, 0.3) is 6.08 Å². The molecule has 0 saturated carbocycles.